The van der Waals surface area contributed by atoms with Gasteiger partial charge in [-0.3, -0.25) is 47.9 Å². The molecule has 3 aliphatic carbocycles. The third-order valence-electron chi connectivity index (χ3n) is 18.7. The van der Waals surface area contributed by atoms with Gasteiger partial charge in [0.15, 0.2) is 23.0 Å². The van der Waals surface area contributed by atoms with Crippen LogP contribution in [0, 0.1) is 42.3 Å². The number of fused-ring (bicyclic) bond motifs is 5. The summed E-state index contributed by atoms with van der Waals surface area (Å²) in [6.45, 7) is 6.45. The van der Waals surface area contributed by atoms with Gasteiger partial charge in [-0.15, -0.1) is 0 Å². The maximum atomic E-state index is 15.6. The highest BCUT2D eigenvalue weighted by Crippen LogP contribution is 2.48. The van der Waals surface area contributed by atoms with Crippen molar-refractivity contribution in [1.82, 2.24) is 30.4 Å². The van der Waals surface area contributed by atoms with E-state index in [0.717, 1.165) is 29.5 Å². The summed E-state index contributed by atoms with van der Waals surface area (Å²) in [6.07, 6.45) is 4.78. The maximum absolute atomic E-state index is 15.6. The number of nitrogens with zero attached hydrogens (tertiary/aromatic N) is 3. The summed E-state index contributed by atoms with van der Waals surface area (Å²) in [4.78, 5) is 151. The fourth-order valence-electron chi connectivity index (χ4n) is 13.6. The highest BCUT2D eigenvalue weighted by atomic mass is 19.1. The van der Waals surface area contributed by atoms with E-state index in [1.807, 2.05) is 19.9 Å². The molecule has 4 aromatic rings. The van der Waals surface area contributed by atoms with E-state index in [1.165, 1.54) is 10.6 Å². The molecule has 2 unspecified atom stereocenters. The van der Waals surface area contributed by atoms with Crippen molar-refractivity contribution in [3.8, 4) is 11.4 Å². The van der Waals surface area contributed by atoms with E-state index in [1.54, 1.807) is 49.1 Å². The molecule has 5 atom stereocenters. The molecular formula is C68H83FN6O16. The molecule has 22 nitrogen and oxygen atoms in total. The van der Waals surface area contributed by atoms with Gasteiger partial charge in [-0.2, -0.15) is 0 Å². The van der Waals surface area contributed by atoms with Gasteiger partial charge in [-0.1, -0.05) is 51.1 Å². The predicted molar refractivity (Wildman–Crippen MR) is 328 cm³/mol. The minimum absolute atomic E-state index is 0.0444. The molecule has 2 aliphatic heterocycles. The van der Waals surface area contributed by atoms with E-state index in [-0.39, 0.29) is 162 Å². The van der Waals surface area contributed by atoms with Crippen LogP contribution in [0.3, 0.4) is 0 Å². The first-order chi connectivity index (χ1) is 43.7. The summed E-state index contributed by atoms with van der Waals surface area (Å²) in [5.41, 5.74) is 2.26. The van der Waals surface area contributed by atoms with Gasteiger partial charge in [0.05, 0.1) is 80.5 Å². The molecule has 23 heteroatoms. The number of hydrogen-bond donors (Lipinski definition) is 4. The number of hydrogen-bond acceptors (Lipinski definition) is 17. The lowest BCUT2D eigenvalue weighted by atomic mass is 9.77. The average molecular weight is 1260 g/mol. The molecule has 4 amide bonds. The molecular weight excluding hydrogens is 1180 g/mol. The van der Waals surface area contributed by atoms with Crippen molar-refractivity contribution in [3.63, 3.8) is 0 Å². The maximum Gasteiger partial charge on any atom is 0.343 e. The Morgan fingerprint density at radius 2 is 1.57 bits per heavy atom. The number of carbonyl (C=O) groups excluding carboxylic acids is 10. The van der Waals surface area contributed by atoms with Gasteiger partial charge in [-0.05, 0) is 105 Å². The van der Waals surface area contributed by atoms with Crippen LogP contribution in [0.4, 0.5) is 4.39 Å². The lowest BCUT2D eigenvalue weighted by molar-refractivity contribution is -0.172. The van der Waals surface area contributed by atoms with Crippen LogP contribution in [0.5, 0.6) is 0 Å². The molecule has 2 saturated carbocycles. The number of amides is 4. The van der Waals surface area contributed by atoms with Crippen molar-refractivity contribution in [2.24, 2.45) is 29.6 Å². The molecule has 0 bridgehead atoms. The number of pyridine rings is 2. The molecule has 4 heterocycles. The SMILES string of the molecule is CCCN(C(=O)COCCC(=O)CNC(=O)[C@@H](CC(=O)CNC(=O)CCC(=O)COCCOCCNC(=O)C1CCC(CC2C(=O)CC(C)C2=O)CC1)Cc1ccccc1)[C@H]1CCc2c(C)c(F)cc3nc4c(c1c23)Cn1c-4cc2c(c1=O)COC(=O)[C@]2(O)CC. The van der Waals surface area contributed by atoms with Gasteiger partial charge in [0.25, 0.3) is 5.56 Å². The van der Waals surface area contributed by atoms with Crippen LogP contribution in [0.2, 0.25) is 0 Å². The van der Waals surface area contributed by atoms with Crippen LogP contribution in [0.25, 0.3) is 22.3 Å². The largest absolute Gasteiger partial charge is 0.458 e. The van der Waals surface area contributed by atoms with Crippen molar-refractivity contribution < 1.29 is 76.4 Å². The number of carbonyl (C=O) groups is 10. The Bertz CT molecular complexity index is 3530. The van der Waals surface area contributed by atoms with Gasteiger partial charge < -0.3 is 49.5 Å². The summed E-state index contributed by atoms with van der Waals surface area (Å²) in [6, 6.07) is 11.4. The van der Waals surface area contributed by atoms with Crippen LogP contribution >= 0.6 is 0 Å². The number of benzene rings is 2. The molecule has 0 radical (unpaired) electrons. The van der Waals surface area contributed by atoms with Gasteiger partial charge >= 0.3 is 5.97 Å². The van der Waals surface area contributed by atoms with E-state index in [4.69, 9.17) is 23.9 Å². The Morgan fingerprint density at radius 3 is 2.30 bits per heavy atom. The van der Waals surface area contributed by atoms with E-state index < -0.39 is 64.2 Å². The molecule has 2 aromatic carbocycles. The summed E-state index contributed by atoms with van der Waals surface area (Å²) < 4.78 is 39.2. The van der Waals surface area contributed by atoms with Crippen LogP contribution in [0.15, 0.2) is 47.3 Å². The smallest absolute Gasteiger partial charge is 0.343 e. The number of nitrogens with one attached hydrogen (secondary N) is 3. The predicted octanol–water partition coefficient (Wildman–Crippen LogP) is 5.27. The molecule has 2 fully saturated rings. The molecule has 9 rings (SSSR count). The number of esters is 1. The molecule has 4 N–H and O–H groups in total. The Hall–Kier alpha value is -7.73. The highest BCUT2D eigenvalue weighted by Gasteiger charge is 2.47. The quantitative estimate of drug-likeness (QED) is 0.0242. The third-order valence-corrected chi connectivity index (χ3v) is 18.7. The first-order valence-corrected chi connectivity index (χ1v) is 32.0. The van der Waals surface area contributed by atoms with Crippen LogP contribution < -0.4 is 21.5 Å². The van der Waals surface area contributed by atoms with Gasteiger partial charge in [0.2, 0.25) is 23.6 Å². The number of halogens is 1. The van der Waals surface area contributed by atoms with E-state index >= 15 is 4.39 Å². The minimum Gasteiger partial charge on any atom is -0.458 e. The summed E-state index contributed by atoms with van der Waals surface area (Å²) in [5.74, 6) is -5.29. The minimum atomic E-state index is -2.05. The van der Waals surface area contributed by atoms with Crippen LogP contribution in [-0.2, 0) is 98.5 Å². The van der Waals surface area contributed by atoms with Crippen molar-refractivity contribution in [1.29, 1.82) is 0 Å². The Morgan fingerprint density at radius 1 is 0.835 bits per heavy atom. The fraction of sp³-hybridized carbons (Fsp3) is 0.559. The lowest BCUT2D eigenvalue weighted by Crippen LogP contribution is -2.44. The molecule has 91 heavy (non-hydrogen) atoms. The van der Waals surface area contributed by atoms with Gasteiger partial charge in [-0.25, -0.2) is 14.2 Å². The number of ketones is 5. The number of rotatable bonds is 32. The summed E-state index contributed by atoms with van der Waals surface area (Å²) in [7, 11) is 0. The standard InChI is InChI=1S/C68H83FN6O16/c1-5-22-74(55-18-17-48-40(4)53(69)32-54-60(48)61(55)50-35-75-56(62(50)73-54)31-52-51(66(75)85)37-91-67(86)68(52,87)6-2)59(81)38-89-23-20-45(76)33-72-65(84)44(28-41-10-8-7-9-11-41)30-47(78)34-71-58(80)19-16-46(77)36-90-26-25-88-24-21-70-64(83)43-14-12-42(13-15-43)29-49-57(79)27-39(3)63(49)82/h7-11,31-32,39,42-44,49,55,87H,5-6,12-30,33-38H2,1-4H3,(H,70,83)(H,71,80)(H,72,84)/t39?,42?,43?,44-,49?,55+,68+/m1/s1. The van der Waals surface area contributed by atoms with Gasteiger partial charge in [0.1, 0.15) is 37.2 Å². The van der Waals surface area contributed by atoms with E-state index in [2.05, 4.69) is 16.0 Å². The normalized spacial score (nSPS) is 20.9. The van der Waals surface area contributed by atoms with Crippen LogP contribution in [-0.4, -0.2) is 144 Å². The molecule has 488 valence electrons. The first-order valence-electron chi connectivity index (χ1n) is 32.0. The number of aryl methyl sites for hydroxylation is 1. The number of Topliss-reactive ketones (excluding diaryl/α,β-unsaturated/α-hetero) is 5. The molecule has 0 spiro atoms. The zero-order valence-corrected chi connectivity index (χ0v) is 52.4. The van der Waals surface area contributed by atoms with E-state index in [0.29, 0.717) is 91.5 Å². The van der Waals surface area contributed by atoms with E-state index in [9.17, 15) is 57.8 Å². The Labute approximate surface area is 527 Å². The third kappa shape index (κ3) is 15.8. The molecule has 2 aromatic heterocycles. The fourth-order valence-corrected chi connectivity index (χ4v) is 13.6. The average Bonchev–Trinajstić information content (AvgIpc) is 1.63. The second-order valence-corrected chi connectivity index (χ2v) is 24.9. The summed E-state index contributed by atoms with van der Waals surface area (Å²) in [5, 5.41) is 20.3. The Kier molecular flexibility index (Phi) is 22.7. The van der Waals surface area contributed by atoms with Crippen molar-refractivity contribution in [2.75, 3.05) is 65.8 Å². The van der Waals surface area contributed by atoms with Crippen molar-refractivity contribution in [2.45, 2.75) is 149 Å². The topological polar surface area (TPSA) is 302 Å². The second-order valence-electron chi connectivity index (χ2n) is 24.9. The lowest BCUT2D eigenvalue weighted by Gasteiger charge is -2.37. The number of cyclic esters (lactones) is 1. The monoisotopic (exact) mass is 1260 g/mol. The second kappa shape index (κ2) is 30.6. The Balaban J connectivity index is 0.686. The number of aliphatic hydroxyl groups is 1. The first kappa shape index (κ1) is 67.7. The number of ether oxygens (including phenoxy) is 4. The molecule has 5 aliphatic rings. The molecule has 0 saturated heterocycles. The van der Waals surface area contributed by atoms with Crippen LogP contribution in [0.1, 0.15) is 149 Å². The zero-order chi connectivity index (χ0) is 65.1. The van der Waals surface area contributed by atoms with Gasteiger partial charge in [0, 0.05) is 85.5 Å². The highest BCUT2D eigenvalue weighted by molar-refractivity contribution is 6.09. The van der Waals surface area contributed by atoms with Crippen molar-refractivity contribution in [3.05, 3.63) is 97.6 Å². The van der Waals surface area contributed by atoms with Crippen molar-refractivity contribution >= 4 is 69.4 Å². The summed E-state index contributed by atoms with van der Waals surface area (Å²) >= 11 is 0. The zero-order valence-electron chi connectivity index (χ0n) is 52.4. The number of aromatic nitrogens is 2.